The third-order valence-electron chi connectivity index (χ3n) is 4.32. The van der Waals surface area contributed by atoms with Crippen molar-refractivity contribution in [3.63, 3.8) is 0 Å². The van der Waals surface area contributed by atoms with Crippen LogP contribution < -0.4 is 14.8 Å². The molecule has 0 fully saturated rings. The number of nitrogens with zero attached hydrogens (tertiary/aromatic N) is 2. The van der Waals surface area contributed by atoms with Gasteiger partial charge in [-0.3, -0.25) is 0 Å². The van der Waals surface area contributed by atoms with Gasteiger partial charge in [-0.05, 0) is 17.7 Å². The molecule has 1 aliphatic heterocycles. The maximum absolute atomic E-state index is 13.6. The molecule has 2 N–H and O–H groups in total. The van der Waals surface area contributed by atoms with Gasteiger partial charge >= 0.3 is 6.18 Å². The number of rotatable bonds is 4. The van der Waals surface area contributed by atoms with Crippen LogP contribution in [-0.2, 0) is 6.61 Å². The Bertz CT molecular complexity index is 810. The number of halogens is 4. The summed E-state index contributed by atoms with van der Waals surface area (Å²) in [6, 6.07) is 2.38. The van der Waals surface area contributed by atoms with E-state index in [1.807, 2.05) is 0 Å². The summed E-state index contributed by atoms with van der Waals surface area (Å²) in [5.74, 6) is 0.922. The topological polar surface area (TPSA) is 68.5 Å². The van der Waals surface area contributed by atoms with Crippen LogP contribution in [0.2, 0.25) is 5.02 Å². The van der Waals surface area contributed by atoms with Gasteiger partial charge in [0.15, 0.2) is 17.5 Å². The van der Waals surface area contributed by atoms with Crippen molar-refractivity contribution in [1.29, 1.82) is 0 Å². The van der Waals surface area contributed by atoms with Crippen LogP contribution in [0.3, 0.4) is 0 Å². The third-order valence-corrected chi connectivity index (χ3v) is 4.72. The van der Waals surface area contributed by atoms with Gasteiger partial charge in [0.25, 0.3) is 0 Å². The molecular weight excluding hydrogens is 375 g/mol. The molecule has 10 heteroatoms. The minimum absolute atomic E-state index is 0.00335. The zero-order valence-corrected chi connectivity index (χ0v) is 14.7. The highest BCUT2D eigenvalue weighted by atomic mass is 35.5. The Balaban J connectivity index is 2.04. The predicted molar refractivity (Wildman–Crippen MR) is 88.8 cm³/mol. The number of ether oxygens (including phenoxy) is 2. The zero-order valence-electron chi connectivity index (χ0n) is 14.0. The van der Waals surface area contributed by atoms with Gasteiger partial charge in [-0.25, -0.2) is 4.68 Å². The van der Waals surface area contributed by atoms with Gasteiger partial charge in [-0.15, -0.1) is 0 Å². The number of benzene rings is 1. The molecule has 26 heavy (non-hydrogen) atoms. The number of hydrogen-bond donors (Lipinski definition) is 2. The second-order valence-electron chi connectivity index (χ2n) is 5.82. The molecule has 1 aromatic carbocycles. The van der Waals surface area contributed by atoms with Crippen molar-refractivity contribution >= 4 is 17.4 Å². The highest BCUT2D eigenvalue weighted by Crippen LogP contribution is 2.46. The maximum Gasteiger partial charge on any atom is 0.410 e. The lowest BCUT2D eigenvalue weighted by Crippen LogP contribution is -2.35. The number of aliphatic hydroxyl groups is 1. The van der Waals surface area contributed by atoms with Gasteiger partial charge in [-0.1, -0.05) is 17.7 Å². The number of anilines is 1. The summed E-state index contributed by atoms with van der Waals surface area (Å²) in [6.45, 7) is -0.549. The molecule has 1 aliphatic rings. The second-order valence-corrected chi connectivity index (χ2v) is 6.19. The molecule has 0 unspecified atom stereocenters. The molecule has 0 amide bonds. The minimum Gasteiger partial charge on any atom is -0.493 e. The Morgan fingerprint density at radius 1 is 1.31 bits per heavy atom. The van der Waals surface area contributed by atoms with Gasteiger partial charge in [0, 0.05) is 6.42 Å². The lowest BCUT2D eigenvalue weighted by Gasteiger charge is -2.33. The Morgan fingerprint density at radius 2 is 2.00 bits per heavy atom. The summed E-state index contributed by atoms with van der Waals surface area (Å²) in [5, 5.41) is 16.0. The van der Waals surface area contributed by atoms with Gasteiger partial charge < -0.3 is 19.9 Å². The number of methoxy groups -OCH3 is 2. The minimum atomic E-state index is -4.52. The number of aliphatic hydroxyl groups excluding tert-OH is 1. The molecule has 0 spiro atoms. The first-order chi connectivity index (χ1) is 12.3. The molecule has 2 atom stereocenters. The van der Waals surface area contributed by atoms with E-state index < -0.39 is 24.9 Å². The largest absolute Gasteiger partial charge is 0.493 e. The molecule has 0 saturated heterocycles. The Hall–Kier alpha value is -2.13. The second kappa shape index (κ2) is 6.88. The Morgan fingerprint density at radius 3 is 2.58 bits per heavy atom. The van der Waals surface area contributed by atoms with Crippen LogP contribution in [0.25, 0.3) is 0 Å². The number of hydrogen-bond acceptors (Lipinski definition) is 5. The highest BCUT2D eigenvalue weighted by molar-refractivity contribution is 6.33. The summed E-state index contributed by atoms with van der Waals surface area (Å²) in [7, 11) is 2.93. The van der Waals surface area contributed by atoms with Gasteiger partial charge in [0.05, 0.1) is 26.9 Å². The van der Waals surface area contributed by atoms with Crippen molar-refractivity contribution < 1.29 is 27.8 Å². The Labute approximate surface area is 152 Å². The van der Waals surface area contributed by atoms with E-state index in [4.69, 9.17) is 21.1 Å². The van der Waals surface area contributed by atoms with Crippen molar-refractivity contribution in [2.24, 2.45) is 0 Å². The smallest absolute Gasteiger partial charge is 0.410 e. The van der Waals surface area contributed by atoms with Gasteiger partial charge in [-0.2, -0.15) is 18.3 Å². The number of nitrogens with one attached hydrogen (secondary N) is 1. The SMILES string of the molecule is COc1ccc([C@H]2C[C@H](C(F)(F)F)n3nc(CO)c(Cl)c3N2)cc1OC. The van der Waals surface area contributed by atoms with E-state index >= 15 is 0 Å². The fraction of sp³-hybridized carbons (Fsp3) is 0.438. The van der Waals surface area contributed by atoms with Crippen LogP contribution in [0.5, 0.6) is 11.5 Å². The molecule has 0 aliphatic carbocycles. The summed E-state index contributed by atoms with van der Waals surface area (Å²) < 4.78 is 51.9. The molecule has 0 bridgehead atoms. The van der Waals surface area contributed by atoms with Gasteiger partial charge in [0.2, 0.25) is 0 Å². The molecule has 142 valence electrons. The van der Waals surface area contributed by atoms with Crippen LogP contribution >= 0.6 is 11.6 Å². The van der Waals surface area contributed by atoms with Crippen molar-refractivity contribution in [3.8, 4) is 11.5 Å². The summed E-state index contributed by atoms with van der Waals surface area (Å²) in [5.41, 5.74) is 0.586. The summed E-state index contributed by atoms with van der Waals surface area (Å²) >= 11 is 6.10. The lowest BCUT2D eigenvalue weighted by molar-refractivity contribution is -0.173. The first kappa shape index (κ1) is 18.7. The fourth-order valence-electron chi connectivity index (χ4n) is 3.03. The maximum atomic E-state index is 13.6. The van der Waals surface area contributed by atoms with E-state index in [0.717, 1.165) is 4.68 Å². The molecule has 2 heterocycles. The van der Waals surface area contributed by atoms with E-state index in [-0.39, 0.29) is 23.0 Å². The van der Waals surface area contributed by atoms with Crippen molar-refractivity contribution in [2.75, 3.05) is 19.5 Å². The van der Waals surface area contributed by atoms with Crippen molar-refractivity contribution in [1.82, 2.24) is 9.78 Å². The van der Waals surface area contributed by atoms with E-state index in [2.05, 4.69) is 10.4 Å². The number of fused-ring (bicyclic) bond motifs is 1. The molecule has 2 aromatic rings. The van der Waals surface area contributed by atoms with Crippen LogP contribution in [0, 0.1) is 0 Å². The average Bonchev–Trinajstić information content (AvgIpc) is 2.95. The monoisotopic (exact) mass is 391 g/mol. The van der Waals surface area contributed by atoms with Crippen LogP contribution in [0.15, 0.2) is 18.2 Å². The van der Waals surface area contributed by atoms with E-state index in [1.54, 1.807) is 18.2 Å². The first-order valence-electron chi connectivity index (χ1n) is 7.73. The average molecular weight is 392 g/mol. The molecule has 1 aromatic heterocycles. The number of aromatic nitrogens is 2. The summed E-state index contributed by atoms with van der Waals surface area (Å²) in [6.07, 6.45) is -4.80. The van der Waals surface area contributed by atoms with E-state index in [1.165, 1.54) is 14.2 Å². The first-order valence-corrected chi connectivity index (χ1v) is 8.10. The van der Waals surface area contributed by atoms with Crippen molar-refractivity contribution in [2.45, 2.75) is 31.3 Å². The quantitative estimate of drug-likeness (QED) is 0.831. The van der Waals surface area contributed by atoms with E-state index in [0.29, 0.717) is 17.1 Å². The molecule has 0 radical (unpaired) electrons. The molecule has 6 nitrogen and oxygen atoms in total. The fourth-order valence-corrected chi connectivity index (χ4v) is 3.26. The van der Waals surface area contributed by atoms with Crippen molar-refractivity contribution in [3.05, 3.63) is 34.5 Å². The van der Waals surface area contributed by atoms with Gasteiger partial charge in [0.1, 0.15) is 16.5 Å². The standard InChI is InChI=1S/C16H17ClF3N3O3/c1-25-11-4-3-8(5-12(11)26-2)9-6-13(16(18,19)20)23-15(21-9)14(17)10(7-24)22-23/h3-5,9,13,21,24H,6-7H2,1-2H3/t9-,13-/m1/s1. The lowest BCUT2D eigenvalue weighted by atomic mass is 9.96. The highest BCUT2D eigenvalue weighted by Gasteiger charge is 2.47. The molecular formula is C16H17ClF3N3O3. The number of alkyl halides is 3. The van der Waals surface area contributed by atoms with Crippen LogP contribution in [0.4, 0.5) is 19.0 Å². The third kappa shape index (κ3) is 3.16. The predicted octanol–water partition coefficient (Wildman–Crippen LogP) is 3.71. The van der Waals surface area contributed by atoms with E-state index in [9.17, 15) is 18.3 Å². The Kier molecular flexibility index (Phi) is 4.94. The summed E-state index contributed by atoms with van der Waals surface area (Å²) in [4.78, 5) is 0. The molecule has 3 rings (SSSR count). The normalized spacial score (nSPS) is 19.7. The zero-order chi connectivity index (χ0) is 19.1. The van der Waals surface area contributed by atoms with Crippen LogP contribution in [0.1, 0.15) is 29.8 Å². The van der Waals surface area contributed by atoms with Crippen LogP contribution in [-0.4, -0.2) is 35.3 Å². The molecule has 0 saturated carbocycles.